The van der Waals surface area contributed by atoms with Crippen molar-refractivity contribution in [2.24, 2.45) is 0 Å². The molecule has 1 N–H and O–H groups in total. The molecule has 2 aromatic heterocycles. The molecule has 0 bridgehead atoms. The summed E-state index contributed by atoms with van der Waals surface area (Å²) in [6.07, 6.45) is 0. The molecule has 10 heteroatoms. The van der Waals surface area contributed by atoms with Gasteiger partial charge in [0, 0.05) is 17.3 Å². The highest BCUT2D eigenvalue weighted by molar-refractivity contribution is 7.99. The van der Waals surface area contributed by atoms with Gasteiger partial charge < -0.3 is 19.5 Å². The number of carbonyl (C=O) groups excluding carboxylic acids is 1. The Morgan fingerprint density at radius 2 is 1.94 bits per heavy atom. The Balaban J connectivity index is 1.29. The molecule has 0 saturated heterocycles. The number of carbonyl (C=O) groups is 1. The van der Waals surface area contributed by atoms with Gasteiger partial charge in [-0.25, -0.2) is 0 Å². The molecule has 31 heavy (non-hydrogen) atoms. The normalized spacial score (nSPS) is 12.2. The van der Waals surface area contributed by atoms with Crippen molar-refractivity contribution in [2.75, 3.05) is 25.0 Å². The minimum absolute atomic E-state index is 0.156. The zero-order valence-corrected chi connectivity index (χ0v) is 17.3. The molecule has 1 amide bonds. The van der Waals surface area contributed by atoms with E-state index in [-0.39, 0.29) is 18.5 Å². The summed E-state index contributed by atoms with van der Waals surface area (Å²) in [7, 11) is 1.63. The summed E-state index contributed by atoms with van der Waals surface area (Å²) >= 11 is 1.26. The zero-order chi connectivity index (χ0) is 21.2. The number of nitrogens with one attached hydrogen (secondary N) is 1. The Morgan fingerprint density at radius 3 is 2.77 bits per heavy atom. The van der Waals surface area contributed by atoms with Crippen LogP contribution in [0, 0.1) is 0 Å². The third-order valence-electron chi connectivity index (χ3n) is 4.61. The van der Waals surface area contributed by atoms with E-state index in [0.717, 1.165) is 17.0 Å². The van der Waals surface area contributed by atoms with Gasteiger partial charge in [-0.1, -0.05) is 11.8 Å². The first-order valence-electron chi connectivity index (χ1n) is 9.39. The van der Waals surface area contributed by atoms with Crippen LogP contribution in [0.2, 0.25) is 0 Å². The van der Waals surface area contributed by atoms with Gasteiger partial charge in [0.25, 0.3) is 0 Å². The van der Waals surface area contributed by atoms with E-state index in [0.29, 0.717) is 28.0 Å². The average molecular weight is 435 g/mol. The number of hydrogen-bond acceptors (Lipinski definition) is 8. The van der Waals surface area contributed by atoms with Crippen molar-refractivity contribution in [3.8, 4) is 28.5 Å². The number of benzene rings is 2. The summed E-state index contributed by atoms with van der Waals surface area (Å²) in [5.74, 6) is 2.04. The third-order valence-corrected chi connectivity index (χ3v) is 5.53. The summed E-state index contributed by atoms with van der Waals surface area (Å²) in [6.45, 7) is 0.189. The van der Waals surface area contributed by atoms with Crippen molar-refractivity contribution in [3.05, 3.63) is 54.6 Å². The largest absolute Gasteiger partial charge is 0.497 e. The summed E-state index contributed by atoms with van der Waals surface area (Å²) in [5, 5.41) is 16.3. The lowest BCUT2D eigenvalue weighted by Crippen LogP contribution is -2.14. The van der Waals surface area contributed by atoms with Crippen LogP contribution in [0.5, 0.6) is 17.2 Å². The van der Waals surface area contributed by atoms with Crippen molar-refractivity contribution in [2.45, 2.75) is 5.16 Å². The highest BCUT2D eigenvalue weighted by atomic mass is 32.2. The molecule has 0 spiro atoms. The molecule has 0 radical (unpaired) electrons. The molecule has 0 aliphatic carbocycles. The van der Waals surface area contributed by atoms with Gasteiger partial charge >= 0.3 is 0 Å². The van der Waals surface area contributed by atoms with E-state index in [1.54, 1.807) is 29.8 Å². The topological polar surface area (TPSA) is 99.9 Å². The molecule has 156 valence electrons. The fraction of sp³-hybridized carbons (Fsp3) is 0.143. The molecule has 9 nitrogen and oxygen atoms in total. The Labute approximate surface area is 181 Å². The maximum absolute atomic E-state index is 12.4. The highest BCUT2D eigenvalue weighted by Gasteiger charge is 2.15. The number of hydrogen-bond donors (Lipinski definition) is 1. The monoisotopic (exact) mass is 435 g/mol. The van der Waals surface area contributed by atoms with E-state index >= 15 is 0 Å². The first kappa shape index (κ1) is 19.2. The van der Waals surface area contributed by atoms with Crippen molar-refractivity contribution < 1.29 is 19.0 Å². The summed E-state index contributed by atoms with van der Waals surface area (Å²) < 4.78 is 17.4. The zero-order valence-electron chi connectivity index (χ0n) is 16.4. The maximum Gasteiger partial charge on any atom is 0.234 e. The fourth-order valence-electron chi connectivity index (χ4n) is 3.08. The number of thioether (sulfide) groups is 1. The SMILES string of the molecule is COc1ccc(-c2ccc3nnc(SCC(=O)Nc4ccc5c(c4)OCO5)n3n2)cc1. The number of aromatic nitrogens is 4. The molecule has 1 aliphatic heterocycles. The molecule has 0 atom stereocenters. The average Bonchev–Trinajstić information content (AvgIpc) is 3.43. The van der Waals surface area contributed by atoms with Gasteiger partial charge in [-0.15, -0.1) is 10.2 Å². The molecule has 5 rings (SSSR count). The van der Waals surface area contributed by atoms with Gasteiger partial charge in [0.1, 0.15) is 5.75 Å². The van der Waals surface area contributed by atoms with Crippen LogP contribution >= 0.6 is 11.8 Å². The molecule has 4 aromatic rings. The number of methoxy groups -OCH3 is 1. The molecule has 2 aromatic carbocycles. The summed E-state index contributed by atoms with van der Waals surface area (Å²) in [5.41, 5.74) is 2.95. The first-order valence-corrected chi connectivity index (χ1v) is 10.4. The Bertz CT molecular complexity index is 1260. The van der Waals surface area contributed by atoms with Gasteiger partial charge in [-0.3, -0.25) is 4.79 Å². The van der Waals surface area contributed by atoms with E-state index < -0.39 is 0 Å². The van der Waals surface area contributed by atoms with Gasteiger partial charge in [-0.2, -0.15) is 9.61 Å². The van der Waals surface area contributed by atoms with Gasteiger partial charge in [0.15, 0.2) is 17.1 Å². The minimum atomic E-state index is -0.174. The molecule has 1 aliphatic rings. The van der Waals surface area contributed by atoms with E-state index in [9.17, 15) is 4.79 Å². The standard InChI is InChI=1S/C21H17N5O4S/c1-28-15-5-2-13(3-6-15)16-7-9-19-23-24-21(26(19)25-16)31-11-20(27)22-14-4-8-17-18(10-14)30-12-29-17/h2-10H,11-12H2,1H3,(H,22,27). The summed E-state index contributed by atoms with van der Waals surface area (Å²) in [6, 6.07) is 16.6. The van der Waals surface area contributed by atoms with Crippen molar-refractivity contribution >= 4 is 29.0 Å². The van der Waals surface area contributed by atoms with Crippen LogP contribution < -0.4 is 19.5 Å². The van der Waals surface area contributed by atoms with E-state index in [1.165, 1.54) is 11.8 Å². The van der Waals surface area contributed by atoms with Crippen molar-refractivity contribution in [3.63, 3.8) is 0 Å². The third kappa shape index (κ3) is 3.97. The van der Waals surface area contributed by atoms with Crippen LogP contribution in [0.15, 0.2) is 59.8 Å². The van der Waals surface area contributed by atoms with Crippen LogP contribution in [-0.2, 0) is 4.79 Å². The van der Waals surface area contributed by atoms with Crippen molar-refractivity contribution in [1.82, 2.24) is 19.8 Å². The number of nitrogens with zero attached hydrogens (tertiary/aromatic N) is 4. The molecular formula is C21H17N5O4S. The number of anilines is 1. The van der Waals surface area contributed by atoms with E-state index in [4.69, 9.17) is 14.2 Å². The van der Waals surface area contributed by atoms with Gasteiger partial charge in [-0.05, 0) is 48.5 Å². The molecular weight excluding hydrogens is 418 g/mol. The first-order chi connectivity index (χ1) is 15.2. The van der Waals surface area contributed by atoms with Gasteiger partial charge in [0.2, 0.25) is 17.9 Å². The van der Waals surface area contributed by atoms with Crippen LogP contribution in [0.25, 0.3) is 16.9 Å². The minimum Gasteiger partial charge on any atom is -0.497 e. The summed E-state index contributed by atoms with van der Waals surface area (Å²) in [4.78, 5) is 12.4. The highest BCUT2D eigenvalue weighted by Crippen LogP contribution is 2.34. The molecule has 0 fully saturated rings. The van der Waals surface area contributed by atoms with Crippen molar-refractivity contribution in [1.29, 1.82) is 0 Å². The van der Waals surface area contributed by atoms with E-state index in [2.05, 4.69) is 20.6 Å². The number of amides is 1. The Kier molecular flexibility index (Phi) is 5.04. The van der Waals surface area contributed by atoms with Gasteiger partial charge in [0.05, 0.1) is 18.6 Å². The number of ether oxygens (including phenoxy) is 3. The molecule has 0 unspecified atom stereocenters. The quantitative estimate of drug-likeness (QED) is 0.461. The number of fused-ring (bicyclic) bond motifs is 2. The predicted molar refractivity (Wildman–Crippen MR) is 115 cm³/mol. The molecule has 3 heterocycles. The van der Waals surface area contributed by atoms with Crippen LogP contribution in [-0.4, -0.2) is 45.4 Å². The second-order valence-electron chi connectivity index (χ2n) is 6.60. The van der Waals surface area contributed by atoms with Crippen LogP contribution in [0.3, 0.4) is 0 Å². The van der Waals surface area contributed by atoms with E-state index in [1.807, 2.05) is 36.4 Å². The maximum atomic E-state index is 12.4. The Hall–Kier alpha value is -3.79. The number of rotatable bonds is 6. The Morgan fingerprint density at radius 1 is 1.10 bits per heavy atom. The second kappa shape index (κ2) is 8.15. The predicted octanol–water partition coefficient (Wildman–Crippen LogP) is 3.26. The molecule has 0 saturated carbocycles. The lowest BCUT2D eigenvalue weighted by atomic mass is 10.1. The lowest BCUT2D eigenvalue weighted by molar-refractivity contribution is -0.113. The van der Waals surface area contributed by atoms with Crippen LogP contribution in [0.4, 0.5) is 5.69 Å². The second-order valence-corrected chi connectivity index (χ2v) is 7.55. The fourth-order valence-corrected chi connectivity index (χ4v) is 3.76. The lowest BCUT2D eigenvalue weighted by Gasteiger charge is -2.06. The van der Waals surface area contributed by atoms with Crippen LogP contribution in [0.1, 0.15) is 0 Å². The smallest absolute Gasteiger partial charge is 0.234 e.